The van der Waals surface area contributed by atoms with E-state index in [0.29, 0.717) is 32.4 Å². The summed E-state index contributed by atoms with van der Waals surface area (Å²) in [5.41, 5.74) is 8.91. The van der Waals surface area contributed by atoms with Crippen LogP contribution in [-0.2, 0) is 36.6 Å². The van der Waals surface area contributed by atoms with E-state index in [2.05, 4.69) is 25.8 Å². The molecular formula is C35H54N6O6. The minimum atomic E-state index is -0.494. The molecule has 0 radical (unpaired) electrons. The maximum atomic E-state index is 12.1. The van der Waals surface area contributed by atoms with Crippen LogP contribution in [-0.4, -0.2) is 112 Å². The van der Waals surface area contributed by atoms with Gasteiger partial charge in [0.1, 0.15) is 5.60 Å². The second-order valence-electron chi connectivity index (χ2n) is 12.6. The lowest BCUT2D eigenvalue weighted by atomic mass is 10.1. The lowest BCUT2D eigenvalue weighted by Crippen LogP contribution is -2.38. The fourth-order valence-electron chi connectivity index (χ4n) is 4.92. The Hall–Kier alpha value is -3.55. The number of benzene rings is 2. The van der Waals surface area contributed by atoms with Gasteiger partial charge in [0.15, 0.2) is 0 Å². The average Bonchev–Trinajstić information content (AvgIpc) is 3.05. The lowest BCUT2D eigenvalue weighted by molar-refractivity contribution is -0.117. The monoisotopic (exact) mass is 654 g/mol. The van der Waals surface area contributed by atoms with E-state index in [1.54, 1.807) is 0 Å². The number of carbonyl (C=O) groups is 3. The number of nitrogens with one attached hydrogen (secondary N) is 3. The van der Waals surface area contributed by atoms with Gasteiger partial charge in [0.2, 0.25) is 11.8 Å². The molecule has 0 aliphatic carbocycles. The van der Waals surface area contributed by atoms with Crippen molar-refractivity contribution in [3.8, 4) is 0 Å². The van der Waals surface area contributed by atoms with E-state index >= 15 is 0 Å². The topological polar surface area (TPSA) is 147 Å². The number of hydrogen-bond donors (Lipinski definition) is 4. The Kier molecular flexibility index (Phi) is 16.6. The fourth-order valence-corrected chi connectivity index (χ4v) is 4.92. The van der Waals surface area contributed by atoms with Crippen molar-refractivity contribution in [1.29, 1.82) is 0 Å². The molecule has 3 amide bonds. The van der Waals surface area contributed by atoms with Crippen LogP contribution in [0.2, 0.25) is 0 Å². The van der Waals surface area contributed by atoms with Gasteiger partial charge in [-0.05, 0) is 75.5 Å². The summed E-state index contributed by atoms with van der Waals surface area (Å²) in [7, 11) is 0. The van der Waals surface area contributed by atoms with Crippen molar-refractivity contribution in [2.24, 2.45) is 5.73 Å². The zero-order valence-electron chi connectivity index (χ0n) is 28.4. The van der Waals surface area contributed by atoms with E-state index in [1.807, 2.05) is 69.3 Å². The Morgan fingerprint density at radius 2 is 1.15 bits per heavy atom. The summed E-state index contributed by atoms with van der Waals surface area (Å²) in [6.45, 7) is 14.8. The molecule has 5 N–H and O–H groups in total. The Labute approximate surface area is 279 Å². The molecule has 2 aliphatic heterocycles. The maximum absolute atomic E-state index is 12.1. The summed E-state index contributed by atoms with van der Waals surface area (Å²) in [4.78, 5) is 40.1. The van der Waals surface area contributed by atoms with Crippen molar-refractivity contribution in [2.45, 2.75) is 52.1 Å². The number of alkyl carbamates (subject to hydrolysis) is 1. The molecule has 0 unspecified atom stereocenters. The molecule has 2 aliphatic rings. The molecule has 2 aromatic rings. The largest absolute Gasteiger partial charge is 0.444 e. The summed E-state index contributed by atoms with van der Waals surface area (Å²) in [5, 5.41) is 8.58. The van der Waals surface area contributed by atoms with Crippen molar-refractivity contribution < 1.29 is 28.6 Å². The van der Waals surface area contributed by atoms with Gasteiger partial charge in [-0.2, -0.15) is 0 Å². The molecule has 0 bridgehead atoms. The van der Waals surface area contributed by atoms with E-state index in [1.165, 1.54) is 5.56 Å². The Balaban J connectivity index is 0.000000267. The van der Waals surface area contributed by atoms with Crippen LogP contribution in [0.4, 0.5) is 16.2 Å². The van der Waals surface area contributed by atoms with Crippen LogP contribution < -0.4 is 21.7 Å². The molecule has 12 heteroatoms. The molecule has 4 rings (SSSR count). The molecule has 0 atom stereocenters. The first-order chi connectivity index (χ1) is 22.6. The molecular weight excluding hydrogens is 600 g/mol. The first kappa shape index (κ1) is 37.9. The Morgan fingerprint density at radius 3 is 1.55 bits per heavy atom. The van der Waals surface area contributed by atoms with E-state index in [4.69, 9.17) is 19.9 Å². The van der Waals surface area contributed by atoms with Crippen molar-refractivity contribution in [1.82, 2.24) is 15.1 Å². The summed E-state index contributed by atoms with van der Waals surface area (Å²) in [6.07, 6.45) is 2.15. The third kappa shape index (κ3) is 16.7. The van der Waals surface area contributed by atoms with Gasteiger partial charge in [-0.1, -0.05) is 24.3 Å². The number of anilines is 2. The molecule has 260 valence electrons. The minimum absolute atomic E-state index is 0.0147. The third-order valence-electron chi connectivity index (χ3n) is 7.51. The van der Waals surface area contributed by atoms with Crippen molar-refractivity contribution >= 4 is 29.3 Å². The van der Waals surface area contributed by atoms with Crippen LogP contribution in [0.15, 0.2) is 48.5 Å². The van der Waals surface area contributed by atoms with E-state index in [0.717, 1.165) is 89.1 Å². The van der Waals surface area contributed by atoms with Crippen molar-refractivity contribution in [3.63, 3.8) is 0 Å². The quantitative estimate of drug-likeness (QED) is 0.256. The summed E-state index contributed by atoms with van der Waals surface area (Å²) in [6, 6.07) is 15.5. The smallest absolute Gasteiger partial charge is 0.407 e. The SMILES string of the molecule is CC(C)(C)OC(=O)NCCc1ccc(NC(=O)CCN2CCOCC2)cc1.NCCc1ccc(NC(=O)CCN2CCOCC2)cc1. The number of nitrogens with two attached hydrogens (primary N) is 1. The molecule has 47 heavy (non-hydrogen) atoms. The van der Waals surface area contributed by atoms with Crippen LogP contribution in [0.1, 0.15) is 44.7 Å². The van der Waals surface area contributed by atoms with Gasteiger partial charge >= 0.3 is 6.09 Å². The van der Waals surface area contributed by atoms with Gasteiger partial charge in [-0.15, -0.1) is 0 Å². The Bertz CT molecular complexity index is 1210. The van der Waals surface area contributed by atoms with Gasteiger partial charge in [0.25, 0.3) is 0 Å². The highest BCUT2D eigenvalue weighted by Gasteiger charge is 2.16. The molecule has 2 fully saturated rings. The van der Waals surface area contributed by atoms with E-state index < -0.39 is 11.7 Å². The number of hydrogen-bond acceptors (Lipinski definition) is 9. The second-order valence-corrected chi connectivity index (χ2v) is 12.6. The zero-order valence-corrected chi connectivity index (χ0v) is 28.4. The first-order valence-electron chi connectivity index (χ1n) is 16.6. The highest BCUT2D eigenvalue weighted by Crippen LogP contribution is 2.12. The Morgan fingerprint density at radius 1 is 0.723 bits per heavy atom. The molecule has 0 aromatic heterocycles. The predicted octanol–water partition coefficient (Wildman–Crippen LogP) is 3.26. The maximum Gasteiger partial charge on any atom is 0.407 e. The van der Waals surface area contributed by atoms with Crippen LogP contribution in [0.5, 0.6) is 0 Å². The lowest BCUT2D eigenvalue weighted by Gasteiger charge is -2.26. The minimum Gasteiger partial charge on any atom is -0.444 e. The van der Waals surface area contributed by atoms with Gasteiger partial charge < -0.3 is 35.9 Å². The number of nitrogens with zero attached hydrogens (tertiary/aromatic N) is 2. The highest BCUT2D eigenvalue weighted by molar-refractivity contribution is 5.91. The van der Waals surface area contributed by atoms with E-state index in [9.17, 15) is 14.4 Å². The van der Waals surface area contributed by atoms with Crippen molar-refractivity contribution in [2.75, 3.05) is 89.4 Å². The second kappa shape index (κ2) is 20.6. The summed E-state index contributed by atoms with van der Waals surface area (Å²) >= 11 is 0. The molecule has 0 spiro atoms. The van der Waals surface area contributed by atoms with Gasteiger partial charge in [0.05, 0.1) is 26.4 Å². The number of morpholine rings is 2. The van der Waals surface area contributed by atoms with Gasteiger partial charge in [-0.3, -0.25) is 19.4 Å². The standard InChI is InChI=1S/C20H31N3O4.C15H23N3O2/c1-20(2,3)27-19(25)21-10-8-16-4-6-17(7-5-16)22-18(24)9-11-23-12-14-26-15-13-23;16-7-5-13-1-3-14(4-2-13)17-15(19)6-8-18-9-11-20-12-10-18/h4-7H,8-15H2,1-3H3,(H,21,25)(H,22,24);1-4H,5-12,16H2,(H,17,19). The fraction of sp³-hybridized carbons (Fsp3) is 0.571. The molecule has 2 aromatic carbocycles. The van der Waals surface area contributed by atoms with Gasteiger partial charge in [0, 0.05) is 70.0 Å². The highest BCUT2D eigenvalue weighted by atomic mass is 16.6. The third-order valence-corrected chi connectivity index (χ3v) is 7.51. The number of ether oxygens (including phenoxy) is 3. The predicted molar refractivity (Wildman–Crippen MR) is 185 cm³/mol. The van der Waals surface area contributed by atoms with Crippen LogP contribution in [0.25, 0.3) is 0 Å². The first-order valence-corrected chi connectivity index (χ1v) is 16.6. The normalized spacial score (nSPS) is 15.6. The molecule has 2 heterocycles. The van der Waals surface area contributed by atoms with Crippen LogP contribution in [0.3, 0.4) is 0 Å². The molecule has 2 saturated heterocycles. The summed E-state index contributed by atoms with van der Waals surface area (Å²) < 4.78 is 15.8. The van der Waals surface area contributed by atoms with Crippen molar-refractivity contribution in [3.05, 3.63) is 59.7 Å². The van der Waals surface area contributed by atoms with Crippen LogP contribution in [0, 0.1) is 0 Å². The molecule has 0 saturated carbocycles. The number of rotatable bonds is 13. The zero-order chi connectivity index (χ0) is 33.9. The number of amides is 3. The van der Waals surface area contributed by atoms with E-state index in [-0.39, 0.29) is 11.8 Å². The van der Waals surface area contributed by atoms with Crippen LogP contribution >= 0.6 is 0 Å². The average molecular weight is 655 g/mol. The number of carbonyl (C=O) groups excluding carboxylic acids is 3. The van der Waals surface area contributed by atoms with Gasteiger partial charge in [-0.25, -0.2) is 4.79 Å². The summed E-state index contributed by atoms with van der Waals surface area (Å²) in [5.74, 6) is 0.0731. The molecule has 12 nitrogen and oxygen atoms in total.